The van der Waals surface area contributed by atoms with Crippen LogP contribution in [0.2, 0.25) is 5.02 Å². The molecule has 0 N–H and O–H groups in total. The molecule has 5 nitrogen and oxygen atoms in total. The molecule has 3 heterocycles. The lowest BCUT2D eigenvalue weighted by Crippen LogP contribution is -2.57. The molecule has 0 amide bonds. The zero-order valence-electron chi connectivity index (χ0n) is 15.1. The van der Waals surface area contributed by atoms with E-state index in [-0.39, 0.29) is 21.6 Å². The van der Waals surface area contributed by atoms with Crippen molar-refractivity contribution in [3.8, 4) is 0 Å². The van der Waals surface area contributed by atoms with Gasteiger partial charge in [0.1, 0.15) is 16.6 Å². The number of pyridine rings is 1. The molecule has 0 saturated carbocycles. The number of hydrogen-bond acceptors (Lipinski definition) is 4. The van der Waals surface area contributed by atoms with Gasteiger partial charge in [-0.05, 0) is 49.7 Å². The van der Waals surface area contributed by atoms with E-state index in [1.165, 1.54) is 0 Å². The number of fused-ring (bicyclic) bond motifs is 3. The fourth-order valence-corrected chi connectivity index (χ4v) is 4.02. The topological polar surface area (TPSA) is 46.8 Å². The molecule has 1 atom stereocenters. The van der Waals surface area contributed by atoms with Crippen LogP contribution >= 0.6 is 27.5 Å². The number of nitrogens with zero attached hydrogens (tertiary/aromatic N) is 5. The minimum absolute atomic E-state index is 0.148. The van der Waals surface area contributed by atoms with Crippen molar-refractivity contribution in [2.45, 2.75) is 39.3 Å². The van der Waals surface area contributed by atoms with Gasteiger partial charge in [0.2, 0.25) is 0 Å². The summed E-state index contributed by atoms with van der Waals surface area (Å²) in [5.74, 6) is 0.00969. The Morgan fingerprint density at radius 2 is 2.04 bits per heavy atom. The second-order valence-electron chi connectivity index (χ2n) is 7.99. The van der Waals surface area contributed by atoms with E-state index in [1.807, 2.05) is 4.68 Å². The first-order chi connectivity index (χ1) is 12.2. The smallest absolute Gasteiger partial charge is 0.165 e. The molecule has 0 spiro atoms. The van der Waals surface area contributed by atoms with Crippen LogP contribution in [0.4, 0.5) is 4.39 Å². The van der Waals surface area contributed by atoms with Crippen LogP contribution in [0.5, 0.6) is 0 Å². The molecule has 1 unspecified atom stereocenters. The number of aromatic nitrogens is 4. The van der Waals surface area contributed by atoms with Gasteiger partial charge in [0.25, 0.3) is 0 Å². The quantitative estimate of drug-likeness (QED) is 0.536. The minimum atomic E-state index is -0.461. The van der Waals surface area contributed by atoms with Crippen LogP contribution in [0.15, 0.2) is 16.7 Å². The number of halogens is 3. The highest BCUT2D eigenvalue weighted by molar-refractivity contribution is 9.10. The standard InChI is InChI=1S/C18H20BrClFN5/c1-9(10-7-25(8-10)18(2,3)4)26-17-11-5-12(20)14(19)15(21)16(11)22-6-13(17)23-24-26/h5-6,9-10H,7-8H2,1-4H3. The first-order valence-electron chi connectivity index (χ1n) is 8.60. The van der Waals surface area contributed by atoms with Crippen molar-refractivity contribution in [3.63, 3.8) is 0 Å². The highest BCUT2D eigenvalue weighted by Gasteiger charge is 2.38. The molecule has 1 aliphatic heterocycles. The van der Waals surface area contributed by atoms with Gasteiger partial charge in [-0.3, -0.25) is 9.88 Å². The van der Waals surface area contributed by atoms with E-state index >= 15 is 0 Å². The molecule has 26 heavy (non-hydrogen) atoms. The summed E-state index contributed by atoms with van der Waals surface area (Å²) >= 11 is 9.37. The summed E-state index contributed by atoms with van der Waals surface area (Å²) in [5, 5.41) is 9.54. The van der Waals surface area contributed by atoms with Gasteiger partial charge in [-0.1, -0.05) is 16.8 Å². The molecule has 138 valence electrons. The number of rotatable bonds is 2. The number of hydrogen-bond donors (Lipinski definition) is 0. The second kappa shape index (κ2) is 6.11. The van der Waals surface area contributed by atoms with Gasteiger partial charge in [-0.15, -0.1) is 5.10 Å². The van der Waals surface area contributed by atoms with Crippen molar-refractivity contribution in [1.29, 1.82) is 0 Å². The molecule has 8 heteroatoms. The average Bonchev–Trinajstić information content (AvgIpc) is 2.94. The van der Waals surface area contributed by atoms with Gasteiger partial charge in [-0.2, -0.15) is 0 Å². The molecule has 2 aromatic heterocycles. The van der Waals surface area contributed by atoms with Crippen LogP contribution in [0.3, 0.4) is 0 Å². The normalized spacial score (nSPS) is 17.8. The van der Waals surface area contributed by atoms with E-state index in [4.69, 9.17) is 11.6 Å². The lowest BCUT2D eigenvalue weighted by Gasteiger charge is -2.49. The Labute approximate surface area is 164 Å². The van der Waals surface area contributed by atoms with Crippen LogP contribution in [0.25, 0.3) is 21.9 Å². The van der Waals surface area contributed by atoms with Gasteiger partial charge < -0.3 is 0 Å². The summed E-state index contributed by atoms with van der Waals surface area (Å²) in [5.41, 5.74) is 1.87. The Kier molecular flexibility index (Phi) is 4.24. The molecule has 1 saturated heterocycles. The third-order valence-corrected chi connectivity index (χ3v) is 6.66. The van der Waals surface area contributed by atoms with E-state index < -0.39 is 5.82 Å². The molecule has 0 aliphatic carbocycles. The highest BCUT2D eigenvalue weighted by Crippen LogP contribution is 2.37. The lowest BCUT2D eigenvalue weighted by atomic mass is 9.87. The molecule has 0 bridgehead atoms. The van der Waals surface area contributed by atoms with E-state index in [0.717, 1.165) is 18.6 Å². The van der Waals surface area contributed by atoms with Gasteiger partial charge in [-0.25, -0.2) is 9.07 Å². The van der Waals surface area contributed by atoms with E-state index in [9.17, 15) is 4.39 Å². The third kappa shape index (κ3) is 2.72. The van der Waals surface area contributed by atoms with Crippen LogP contribution in [0, 0.1) is 11.7 Å². The Morgan fingerprint density at radius 3 is 2.69 bits per heavy atom. The van der Waals surface area contributed by atoms with Crippen molar-refractivity contribution in [2.24, 2.45) is 5.92 Å². The highest BCUT2D eigenvalue weighted by atomic mass is 79.9. The predicted molar refractivity (Wildman–Crippen MR) is 105 cm³/mol. The summed E-state index contributed by atoms with van der Waals surface area (Å²) in [4.78, 5) is 6.66. The van der Waals surface area contributed by atoms with Gasteiger partial charge >= 0.3 is 0 Å². The Morgan fingerprint density at radius 1 is 1.35 bits per heavy atom. The summed E-state index contributed by atoms with van der Waals surface area (Å²) in [7, 11) is 0. The van der Waals surface area contributed by atoms with Gasteiger partial charge in [0, 0.05) is 29.9 Å². The first kappa shape index (κ1) is 18.1. The van der Waals surface area contributed by atoms with Crippen LogP contribution in [0.1, 0.15) is 33.7 Å². The average molecular weight is 441 g/mol. The molecule has 1 fully saturated rings. The summed E-state index contributed by atoms with van der Waals surface area (Å²) in [6, 6.07) is 1.88. The zero-order valence-corrected chi connectivity index (χ0v) is 17.4. The van der Waals surface area contributed by atoms with E-state index in [1.54, 1.807) is 12.3 Å². The lowest BCUT2D eigenvalue weighted by molar-refractivity contribution is -0.00817. The monoisotopic (exact) mass is 439 g/mol. The Balaban J connectivity index is 1.79. The van der Waals surface area contributed by atoms with Crippen molar-refractivity contribution in [2.75, 3.05) is 13.1 Å². The largest absolute Gasteiger partial charge is 0.298 e. The van der Waals surface area contributed by atoms with E-state index in [0.29, 0.717) is 21.8 Å². The van der Waals surface area contributed by atoms with Gasteiger partial charge in [0.05, 0.1) is 21.7 Å². The maximum Gasteiger partial charge on any atom is 0.165 e. The molecule has 1 aromatic carbocycles. The van der Waals surface area contributed by atoms with Crippen LogP contribution in [-0.2, 0) is 0 Å². The summed E-state index contributed by atoms with van der Waals surface area (Å²) in [6.07, 6.45) is 1.57. The van der Waals surface area contributed by atoms with Crippen LogP contribution in [-0.4, -0.2) is 43.5 Å². The number of likely N-dealkylation sites (tertiary alicyclic amines) is 1. The summed E-state index contributed by atoms with van der Waals surface area (Å²) < 4.78 is 16.7. The second-order valence-corrected chi connectivity index (χ2v) is 9.19. The third-order valence-electron chi connectivity index (χ3n) is 5.35. The molecule has 0 radical (unpaired) electrons. The Hall–Kier alpha value is -1.31. The zero-order chi connectivity index (χ0) is 18.8. The fourth-order valence-electron chi connectivity index (χ4n) is 3.52. The van der Waals surface area contributed by atoms with Crippen LogP contribution < -0.4 is 0 Å². The number of benzene rings is 1. The molecule has 4 rings (SSSR count). The molecule has 1 aliphatic rings. The van der Waals surface area contributed by atoms with Crippen molar-refractivity contribution >= 4 is 49.5 Å². The van der Waals surface area contributed by atoms with Crippen molar-refractivity contribution < 1.29 is 4.39 Å². The van der Waals surface area contributed by atoms with Crippen molar-refractivity contribution in [3.05, 3.63) is 27.6 Å². The Bertz CT molecular complexity index is 1010. The van der Waals surface area contributed by atoms with E-state index in [2.05, 4.69) is 63.8 Å². The minimum Gasteiger partial charge on any atom is -0.298 e. The molecular weight excluding hydrogens is 421 g/mol. The molecule has 3 aromatic rings. The maximum absolute atomic E-state index is 14.6. The predicted octanol–water partition coefficient (Wildman–Crippen LogP) is 4.83. The SMILES string of the molecule is CC(C1CN(C(C)(C)C)C1)n1nnc2cnc3c(F)c(Br)c(Cl)cc3c21. The maximum atomic E-state index is 14.6. The van der Waals surface area contributed by atoms with Gasteiger partial charge in [0.15, 0.2) is 5.82 Å². The summed E-state index contributed by atoms with van der Waals surface area (Å²) in [6.45, 7) is 10.8. The molecular formula is C18H20BrClFN5. The van der Waals surface area contributed by atoms with Crippen molar-refractivity contribution in [1.82, 2.24) is 24.9 Å². The fraction of sp³-hybridized carbons (Fsp3) is 0.500. The first-order valence-corrected chi connectivity index (χ1v) is 9.77.